The van der Waals surface area contributed by atoms with Crippen LogP contribution in [0.2, 0.25) is 0 Å². The highest BCUT2D eigenvalue weighted by Crippen LogP contribution is 2.26. The van der Waals surface area contributed by atoms with Gasteiger partial charge < -0.3 is 10.2 Å². The highest BCUT2D eigenvalue weighted by molar-refractivity contribution is 7.98. The normalized spacial score (nSPS) is 12.1. The van der Waals surface area contributed by atoms with E-state index >= 15 is 0 Å². The number of aryl methyl sites for hydroxylation is 1. The van der Waals surface area contributed by atoms with Gasteiger partial charge in [-0.2, -0.15) is 0 Å². The van der Waals surface area contributed by atoms with Gasteiger partial charge in [0.1, 0.15) is 12.6 Å². The van der Waals surface area contributed by atoms with E-state index in [1.54, 1.807) is 36.4 Å². The van der Waals surface area contributed by atoms with Crippen molar-refractivity contribution in [1.82, 2.24) is 10.2 Å². The zero-order valence-corrected chi connectivity index (χ0v) is 26.2. The van der Waals surface area contributed by atoms with Crippen molar-refractivity contribution < 1.29 is 18.0 Å². The Morgan fingerprint density at radius 3 is 2.12 bits per heavy atom. The fraction of sp³-hybridized carbons (Fsp3) is 0.375. The van der Waals surface area contributed by atoms with E-state index in [9.17, 15) is 18.0 Å². The van der Waals surface area contributed by atoms with Gasteiger partial charge in [-0.1, -0.05) is 68.8 Å². The van der Waals surface area contributed by atoms with Gasteiger partial charge in [-0.15, -0.1) is 11.8 Å². The van der Waals surface area contributed by atoms with Crippen molar-refractivity contribution in [1.29, 1.82) is 0 Å². The Morgan fingerprint density at radius 2 is 1.56 bits per heavy atom. The maximum absolute atomic E-state index is 14.1. The Balaban J connectivity index is 1.99. The van der Waals surface area contributed by atoms with Crippen LogP contribution in [0.5, 0.6) is 0 Å². The number of benzene rings is 3. The number of hydrogen-bond donors (Lipinski definition) is 1. The molecule has 0 saturated carbocycles. The van der Waals surface area contributed by atoms with E-state index in [-0.39, 0.29) is 23.3 Å². The molecule has 2 amide bonds. The van der Waals surface area contributed by atoms with Crippen molar-refractivity contribution >= 4 is 39.3 Å². The minimum Gasteiger partial charge on any atom is -0.354 e. The topological polar surface area (TPSA) is 86.8 Å². The summed E-state index contributed by atoms with van der Waals surface area (Å²) < 4.78 is 29.1. The van der Waals surface area contributed by atoms with Gasteiger partial charge in [-0.25, -0.2) is 8.42 Å². The number of amides is 2. The number of carbonyl (C=O) groups is 2. The first-order valence-corrected chi connectivity index (χ1v) is 16.6. The number of anilines is 1. The molecule has 0 radical (unpaired) electrons. The molecule has 1 atom stereocenters. The smallest absolute Gasteiger partial charge is 0.264 e. The van der Waals surface area contributed by atoms with E-state index < -0.39 is 28.5 Å². The summed E-state index contributed by atoms with van der Waals surface area (Å²) >= 11 is 1.52. The van der Waals surface area contributed by atoms with Gasteiger partial charge in [-0.3, -0.25) is 13.9 Å². The van der Waals surface area contributed by atoms with Crippen molar-refractivity contribution in [2.75, 3.05) is 30.2 Å². The van der Waals surface area contributed by atoms with Gasteiger partial charge in [0.05, 0.1) is 10.6 Å². The van der Waals surface area contributed by atoms with Gasteiger partial charge in [0.15, 0.2) is 0 Å². The van der Waals surface area contributed by atoms with Crippen LogP contribution in [0.4, 0.5) is 5.69 Å². The summed E-state index contributed by atoms with van der Waals surface area (Å²) in [4.78, 5) is 29.9. The molecule has 3 aromatic carbocycles. The molecule has 1 N–H and O–H groups in total. The zero-order valence-electron chi connectivity index (χ0n) is 24.5. The third kappa shape index (κ3) is 8.84. The molecule has 0 bridgehead atoms. The first-order chi connectivity index (χ1) is 19.6. The zero-order chi connectivity index (χ0) is 30.0. The van der Waals surface area contributed by atoms with Crippen molar-refractivity contribution in [3.05, 3.63) is 90.0 Å². The van der Waals surface area contributed by atoms with E-state index in [4.69, 9.17) is 0 Å². The molecule has 0 fully saturated rings. The standard InChI is InChI=1S/C32H41N3O4S2/c1-6-30(32(37)33-22-24(2)3)34(21-20-26-10-8-7-9-11-26)31(36)23-35(27-14-12-25(4)13-15-27)41(38,39)29-18-16-28(40-5)17-19-29/h7-19,24,30H,6,20-23H2,1-5H3,(H,33,37). The lowest BCUT2D eigenvalue weighted by atomic mass is 10.1. The van der Waals surface area contributed by atoms with Crippen LogP contribution < -0.4 is 9.62 Å². The third-order valence-corrected chi connectivity index (χ3v) is 9.33. The predicted octanol–water partition coefficient (Wildman–Crippen LogP) is 5.53. The minimum absolute atomic E-state index is 0.0984. The molecule has 0 aliphatic rings. The molecule has 220 valence electrons. The van der Waals surface area contributed by atoms with Crippen LogP contribution in [0.25, 0.3) is 0 Å². The van der Waals surface area contributed by atoms with Gasteiger partial charge in [0.2, 0.25) is 11.8 Å². The molecular weight excluding hydrogens is 555 g/mol. The van der Waals surface area contributed by atoms with Crippen LogP contribution in [-0.2, 0) is 26.0 Å². The van der Waals surface area contributed by atoms with Gasteiger partial charge in [0.25, 0.3) is 10.0 Å². The second-order valence-corrected chi connectivity index (χ2v) is 13.2. The quantitative estimate of drug-likeness (QED) is 0.248. The number of thioether (sulfide) groups is 1. The highest BCUT2D eigenvalue weighted by Gasteiger charge is 2.33. The fourth-order valence-electron chi connectivity index (χ4n) is 4.43. The highest BCUT2D eigenvalue weighted by atomic mass is 32.2. The molecule has 9 heteroatoms. The maximum Gasteiger partial charge on any atom is 0.264 e. The van der Waals surface area contributed by atoms with Crippen molar-refractivity contribution in [3.8, 4) is 0 Å². The number of nitrogens with zero attached hydrogens (tertiary/aromatic N) is 2. The molecule has 0 heterocycles. The second kappa shape index (κ2) is 15.1. The molecule has 1 unspecified atom stereocenters. The predicted molar refractivity (Wildman–Crippen MR) is 168 cm³/mol. The second-order valence-electron chi connectivity index (χ2n) is 10.4. The summed E-state index contributed by atoms with van der Waals surface area (Å²) in [7, 11) is -4.09. The third-order valence-electron chi connectivity index (χ3n) is 6.80. The molecule has 41 heavy (non-hydrogen) atoms. The number of hydrogen-bond acceptors (Lipinski definition) is 5. The largest absolute Gasteiger partial charge is 0.354 e. The molecule has 7 nitrogen and oxygen atoms in total. The van der Waals surface area contributed by atoms with Crippen LogP contribution in [0, 0.1) is 12.8 Å². The van der Waals surface area contributed by atoms with Crippen LogP contribution >= 0.6 is 11.8 Å². The summed E-state index contributed by atoms with van der Waals surface area (Å²) in [5.41, 5.74) is 2.39. The summed E-state index contributed by atoms with van der Waals surface area (Å²) in [6.07, 6.45) is 2.86. The molecule has 3 aromatic rings. The summed E-state index contributed by atoms with van der Waals surface area (Å²) in [5.74, 6) is -0.415. The Labute approximate surface area is 249 Å². The monoisotopic (exact) mass is 595 g/mol. The van der Waals surface area contributed by atoms with E-state index in [1.165, 1.54) is 16.7 Å². The lowest BCUT2D eigenvalue weighted by molar-refractivity contribution is -0.139. The first kappa shape index (κ1) is 32.2. The Bertz CT molecular complexity index is 1380. The average Bonchev–Trinajstić information content (AvgIpc) is 2.97. The molecular formula is C32H41N3O4S2. The molecule has 0 aliphatic carbocycles. The van der Waals surface area contributed by atoms with Crippen LogP contribution in [0.1, 0.15) is 38.3 Å². The lowest BCUT2D eigenvalue weighted by Gasteiger charge is -2.33. The van der Waals surface area contributed by atoms with Gasteiger partial charge in [0, 0.05) is 18.0 Å². The SMILES string of the molecule is CCC(C(=O)NCC(C)C)N(CCc1ccccc1)C(=O)CN(c1ccc(C)cc1)S(=O)(=O)c1ccc(SC)cc1. The summed E-state index contributed by atoms with van der Waals surface area (Å²) in [5, 5.41) is 2.96. The van der Waals surface area contributed by atoms with Crippen LogP contribution in [0.3, 0.4) is 0 Å². The molecule has 0 aromatic heterocycles. The number of rotatable bonds is 14. The Kier molecular flexibility index (Phi) is 11.8. The molecule has 0 aliphatic heterocycles. The van der Waals surface area contributed by atoms with E-state index in [1.807, 2.05) is 76.4 Å². The number of carbonyl (C=O) groups excluding carboxylic acids is 2. The van der Waals surface area contributed by atoms with E-state index in [2.05, 4.69) is 5.32 Å². The van der Waals surface area contributed by atoms with Crippen molar-refractivity contribution in [3.63, 3.8) is 0 Å². The first-order valence-electron chi connectivity index (χ1n) is 13.9. The minimum atomic E-state index is -4.09. The number of nitrogens with one attached hydrogen (secondary N) is 1. The van der Waals surface area contributed by atoms with Gasteiger partial charge in [-0.05, 0) is 73.9 Å². The average molecular weight is 596 g/mol. The summed E-state index contributed by atoms with van der Waals surface area (Å²) in [6.45, 7) is 8.14. The molecule has 3 rings (SSSR count). The van der Waals surface area contributed by atoms with Crippen molar-refractivity contribution in [2.45, 2.75) is 56.4 Å². The van der Waals surface area contributed by atoms with Crippen molar-refractivity contribution in [2.24, 2.45) is 5.92 Å². The van der Waals surface area contributed by atoms with Crippen LogP contribution in [-0.4, -0.2) is 57.1 Å². The lowest BCUT2D eigenvalue weighted by Crippen LogP contribution is -2.53. The van der Waals surface area contributed by atoms with E-state index in [0.717, 1.165) is 20.3 Å². The molecule has 0 saturated heterocycles. The number of sulfonamides is 1. The Morgan fingerprint density at radius 1 is 0.927 bits per heavy atom. The van der Waals surface area contributed by atoms with E-state index in [0.29, 0.717) is 25.1 Å². The Hall–Kier alpha value is -3.30. The van der Waals surface area contributed by atoms with Gasteiger partial charge >= 0.3 is 0 Å². The van der Waals surface area contributed by atoms with Crippen LogP contribution in [0.15, 0.2) is 88.7 Å². The fourth-order valence-corrected chi connectivity index (χ4v) is 6.26. The maximum atomic E-state index is 14.1. The molecule has 0 spiro atoms. The summed E-state index contributed by atoms with van der Waals surface area (Å²) in [6, 6.07) is 22.7.